The Bertz CT molecular complexity index is 805. The highest BCUT2D eigenvalue weighted by molar-refractivity contribution is 5.34. The van der Waals surface area contributed by atoms with Crippen molar-refractivity contribution in [1.29, 1.82) is 0 Å². The van der Waals surface area contributed by atoms with Gasteiger partial charge >= 0.3 is 6.36 Å². The first kappa shape index (κ1) is 15.8. The van der Waals surface area contributed by atoms with E-state index in [0.29, 0.717) is 5.56 Å². The van der Waals surface area contributed by atoms with E-state index in [1.807, 2.05) is 0 Å². The third-order valence-corrected chi connectivity index (χ3v) is 3.10. The van der Waals surface area contributed by atoms with Crippen LogP contribution in [0.2, 0.25) is 0 Å². The van der Waals surface area contributed by atoms with Gasteiger partial charge in [-0.3, -0.25) is 4.98 Å². The zero-order valence-electron chi connectivity index (χ0n) is 11.9. The van der Waals surface area contributed by atoms with E-state index in [4.69, 9.17) is 0 Å². The maximum Gasteiger partial charge on any atom is 0.573 e. The lowest BCUT2D eigenvalue weighted by Crippen LogP contribution is -2.18. The van der Waals surface area contributed by atoms with Gasteiger partial charge in [-0.05, 0) is 40.3 Å². The van der Waals surface area contributed by atoms with E-state index < -0.39 is 18.2 Å². The number of tetrazole rings is 1. The summed E-state index contributed by atoms with van der Waals surface area (Å²) in [6, 6.07) is 6.79. The Kier molecular flexibility index (Phi) is 4.11. The molecule has 0 saturated carbocycles. The Morgan fingerprint density at radius 2 is 1.83 bits per heavy atom. The van der Waals surface area contributed by atoms with Crippen molar-refractivity contribution in [3.63, 3.8) is 0 Å². The number of pyridine rings is 1. The SMILES string of the molecule is Fc1cccnc1[C@H](c1ccc(OC(F)(F)F)cc1)n1cnnn1. The standard InChI is InChI=1S/C14H9F4N5O/c15-11-2-1-7-19-12(11)13(23-8-20-21-22-23)9-3-5-10(6-4-9)24-14(16,17)18/h1-8,13H/t13-/m0/s1. The van der Waals surface area contributed by atoms with Gasteiger partial charge in [0.25, 0.3) is 0 Å². The number of aromatic nitrogens is 5. The molecule has 1 atom stereocenters. The molecule has 0 amide bonds. The molecule has 0 saturated heterocycles. The highest BCUT2D eigenvalue weighted by atomic mass is 19.4. The number of halogens is 4. The Morgan fingerprint density at radius 3 is 2.42 bits per heavy atom. The fourth-order valence-electron chi connectivity index (χ4n) is 2.17. The van der Waals surface area contributed by atoms with Crippen molar-refractivity contribution in [2.24, 2.45) is 0 Å². The largest absolute Gasteiger partial charge is 0.573 e. The quantitative estimate of drug-likeness (QED) is 0.684. The molecule has 24 heavy (non-hydrogen) atoms. The second-order valence-electron chi connectivity index (χ2n) is 4.68. The maximum atomic E-state index is 14.1. The van der Waals surface area contributed by atoms with E-state index in [0.717, 1.165) is 12.1 Å². The fourth-order valence-corrected chi connectivity index (χ4v) is 2.17. The molecule has 0 N–H and O–H groups in total. The van der Waals surface area contributed by atoms with E-state index in [-0.39, 0.29) is 11.4 Å². The lowest BCUT2D eigenvalue weighted by atomic mass is 10.0. The number of hydrogen-bond donors (Lipinski definition) is 0. The molecule has 0 radical (unpaired) electrons. The Hall–Kier alpha value is -3.04. The van der Waals surface area contributed by atoms with Crippen molar-refractivity contribution in [3.05, 3.63) is 66.0 Å². The molecule has 0 aliphatic rings. The van der Waals surface area contributed by atoms with E-state index in [2.05, 4.69) is 25.2 Å². The molecule has 0 unspecified atom stereocenters. The van der Waals surface area contributed by atoms with Gasteiger partial charge in [-0.15, -0.1) is 18.3 Å². The molecule has 0 aliphatic heterocycles. The molecular weight excluding hydrogens is 330 g/mol. The molecule has 0 fully saturated rings. The summed E-state index contributed by atoms with van der Waals surface area (Å²) in [4.78, 5) is 3.99. The summed E-state index contributed by atoms with van der Waals surface area (Å²) in [5.74, 6) is -0.975. The van der Waals surface area contributed by atoms with Crippen LogP contribution in [0, 0.1) is 5.82 Å². The maximum absolute atomic E-state index is 14.1. The van der Waals surface area contributed by atoms with Gasteiger partial charge < -0.3 is 4.74 Å². The molecule has 10 heteroatoms. The third-order valence-electron chi connectivity index (χ3n) is 3.10. The van der Waals surface area contributed by atoms with Crippen LogP contribution in [0.5, 0.6) is 5.75 Å². The van der Waals surface area contributed by atoms with E-state index >= 15 is 0 Å². The second-order valence-corrected chi connectivity index (χ2v) is 4.68. The molecule has 124 valence electrons. The normalized spacial score (nSPS) is 12.8. The van der Waals surface area contributed by atoms with Gasteiger partial charge in [0, 0.05) is 6.20 Å². The number of rotatable bonds is 4. The molecule has 1 aromatic carbocycles. The van der Waals surface area contributed by atoms with Crippen LogP contribution in [-0.2, 0) is 0 Å². The zero-order chi connectivity index (χ0) is 17.2. The number of alkyl halides is 3. The smallest absolute Gasteiger partial charge is 0.406 e. The van der Waals surface area contributed by atoms with Crippen molar-refractivity contribution in [2.45, 2.75) is 12.4 Å². The minimum atomic E-state index is -4.79. The average Bonchev–Trinajstić information content (AvgIpc) is 3.04. The molecule has 0 bridgehead atoms. The average molecular weight is 339 g/mol. The lowest BCUT2D eigenvalue weighted by Gasteiger charge is -2.17. The predicted molar refractivity (Wildman–Crippen MR) is 72.4 cm³/mol. The summed E-state index contributed by atoms with van der Waals surface area (Å²) in [6.07, 6.45) is -2.13. The second kappa shape index (κ2) is 6.22. The molecule has 2 heterocycles. The summed E-state index contributed by atoms with van der Waals surface area (Å²) >= 11 is 0. The Balaban J connectivity index is 2.00. The van der Waals surface area contributed by atoms with Crippen molar-refractivity contribution < 1.29 is 22.3 Å². The number of nitrogens with zero attached hydrogens (tertiary/aromatic N) is 5. The predicted octanol–water partition coefficient (Wildman–Crippen LogP) is 2.74. The van der Waals surface area contributed by atoms with Crippen molar-refractivity contribution in [3.8, 4) is 5.75 Å². The fraction of sp³-hybridized carbons (Fsp3) is 0.143. The van der Waals surface area contributed by atoms with Gasteiger partial charge in [-0.2, -0.15) is 0 Å². The van der Waals surface area contributed by atoms with E-state index in [1.54, 1.807) is 0 Å². The van der Waals surface area contributed by atoms with Gasteiger partial charge in [-0.25, -0.2) is 9.07 Å². The first-order valence-electron chi connectivity index (χ1n) is 6.62. The monoisotopic (exact) mass is 339 g/mol. The minimum absolute atomic E-state index is 0.0364. The topological polar surface area (TPSA) is 65.7 Å². The molecule has 2 aromatic heterocycles. The summed E-state index contributed by atoms with van der Waals surface area (Å²) in [5.41, 5.74) is 0.476. The highest BCUT2D eigenvalue weighted by Crippen LogP contribution is 2.29. The van der Waals surface area contributed by atoms with Gasteiger partial charge in [0.05, 0.1) is 0 Å². The molecular formula is C14H9F4N5O. The number of ether oxygens (including phenoxy) is 1. The van der Waals surface area contributed by atoms with Gasteiger partial charge in [0.1, 0.15) is 29.6 Å². The molecule has 0 aliphatic carbocycles. The summed E-state index contributed by atoms with van der Waals surface area (Å²) in [7, 11) is 0. The van der Waals surface area contributed by atoms with Crippen LogP contribution in [0.3, 0.4) is 0 Å². The van der Waals surface area contributed by atoms with Crippen LogP contribution in [0.15, 0.2) is 48.9 Å². The third kappa shape index (κ3) is 3.47. The van der Waals surface area contributed by atoms with E-state index in [1.165, 1.54) is 41.5 Å². The Morgan fingerprint density at radius 1 is 1.08 bits per heavy atom. The van der Waals surface area contributed by atoms with Crippen LogP contribution in [0.4, 0.5) is 17.6 Å². The van der Waals surface area contributed by atoms with Crippen LogP contribution in [-0.4, -0.2) is 31.6 Å². The molecule has 3 aromatic rings. The van der Waals surface area contributed by atoms with Gasteiger partial charge in [0.15, 0.2) is 0 Å². The first-order valence-corrected chi connectivity index (χ1v) is 6.62. The molecule has 3 rings (SSSR count). The first-order chi connectivity index (χ1) is 11.4. The number of benzene rings is 1. The van der Waals surface area contributed by atoms with E-state index in [9.17, 15) is 17.6 Å². The van der Waals surface area contributed by atoms with Crippen LogP contribution < -0.4 is 4.74 Å². The molecule has 6 nitrogen and oxygen atoms in total. The van der Waals surface area contributed by atoms with Crippen molar-refractivity contribution in [1.82, 2.24) is 25.2 Å². The number of hydrogen-bond acceptors (Lipinski definition) is 5. The lowest BCUT2D eigenvalue weighted by molar-refractivity contribution is -0.274. The highest BCUT2D eigenvalue weighted by Gasteiger charge is 2.31. The minimum Gasteiger partial charge on any atom is -0.406 e. The van der Waals surface area contributed by atoms with Crippen molar-refractivity contribution >= 4 is 0 Å². The summed E-state index contributed by atoms with van der Waals surface area (Å²) in [5, 5.41) is 10.7. The van der Waals surface area contributed by atoms with Crippen LogP contribution in [0.25, 0.3) is 0 Å². The van der Waals surface area contributed by atoms with Crippen molar-refractivity contribution in [2.75, 3.05) is 0 Å². The molecule has 0 spiro atoms. The Labute approximate surface area is 132 Å². The van der Waals surface area contributed by atoms with Gasteiger partial charge in [0.2, 0.25) is 0 Å². The summed E-state index contributed by atoms with van der Waals surface area (Å²) in [6.45, 7) is 0. The van der Waals surface area contributed by atoms with Gasteiger partial charge in [-0.1, -0.05) is 12.1 Å². The summed E-state index contributed by atoms with van der Waals surface area (Å²) < 4.78 is 55.9. The van der Waals surface area contributed by atoms with Crippen LogP contribution in [0.1, 0.15) is 17.3 Å². The zero-order valence-corrected chi connectivity index (χ0v) is 11.9. The van der Waals surface area contributed by atoms with Crippen LogP contribution >= 0.6 is 0 Å².